The van der Waals surface area contributed by atoms with Gasteiger partial charge in [-0.3, -0.25) is 0 Å². The number of methoxy groups -OCH3 is 1. The predicted octanol–water partition coefficient (Wildman–Crippen LogP) is 4.50. The quantitative estimate of drug-likeness (QED) is 0.509. The summed E-state index contributed by atoms with van der Waals surface area (Å²) in [5.41, 5.74) is 11.1. The molecule has 1 aliphatic heterocycles. The van der Waals surface area contributed by atoms with Gasteiger partial charge in [-0.15, -0.1) is 0 Å². The SMILES string of the molecule is COc1ccccc1-c1cc(Cl)cc2c1NC(CN=[N+]=[N-])CO2. The van der Waals surface area contributed by atoms with Gasteiger partial charge in [-0.1, -0.05) is 34.9 Å². The minimum atomic E-state index is -0.0898. The lowest BCUT2D eigenvalue weighted by molar-refractivity contribution is 0.287. The number of ether oxygens (including phenoxy) is 2. The van der Waals surface area contributed by atoms with E-state index in [0.29, 0.717) is 23.9 Å². The summed E-state index contributed by atoms with van der Waals surface area (Å²) in [6, 6.07) is 11.2. The number of azide groups is 1. The molecule has 7 heteroatoms. The molecule has 0 aliphatic carbocycles. The van der Waals surface area contributed by atoms with Crippen molar-refractivity contribution in [2.75, 3.05) is 25.6 Å². The van der Waals surface area contributed by atoms with E-state index < -0.39 is 0 Å². The van der Waals surface area contributed by atoms with Crippen LogP contribution in [0.3, 0.4) is 0 Å². The molecular formula is C16H15ClN4O2. The maximum absolute atomic E-state index is 8.49. The van der Waals surface area contributed by atoms with Gasteiger partial charge in [0.05, 0.1) is 18.8 Å². The number of hydrogen-bond donors (Lipinski definition) is 1. The van der Waals surface area contributed by atoms with Crippen molar-refractivity contribution < 1.29 is 9.47 Å². The summed E-state index contributed by atoms with van der Waals surface area (Å²) >= 11 is 6.23. The van der Waals surface area contributed by atoms with Crippen molar-refractivity contribution in [3.63, 3.8) is 0 Å². The minimum Gasteiger partial charge on any atom is -0.496 e. The number of rotatable bonds is 4. The summed E-state index contributed by atoms with van der Waals surface area (Å²) in [6.07, 6.45) is 0. The van der Waals surface area contributed by atoms with Crippen LogP contribution in [0.4, 0.5) is 5.69 Å². The molecule has 2 aromatic rings. The lowest BCUT2D eigenvalue weighted by atomic mass is 10.0. The number of benzene rings is 2. The first-order valence-corrected chi connectivity index (χ1v) is 7.48. The molecular weight excluding hydrogens is 316 g/mol. The van der Waals surface area contributed by atoms with Crippen molar-refractivity contribution in [3.8, 4) is 22.6 Å². The topological polar surface area (TPSA) is 79.2 Å². The van der Waals surface area contributed by atoms with Crippen LogP contribution in [-0.2, 0) is 0 Å². The fourth-order valence-corrected chi connectivity index (χ4v) is 2.80. The lowest BCUT2D eigenvalue weighted by Gasteiger charge is -2.29. The average Bonchev–Trinajstić information content (AvgIpc) is 2.59. The number of para-hydroxylation sites is 1. The number of halogens is 1. The zero-order chi connectivity index (χ0) is 16.2. The van der Waals surface area contributed by atoms with E-state index in [1.165, 1.54) is 0 Å². The molecule has 0 saturated carbocycles. The van der Waals surface area contributed by atoms with Crippen molar-refractivity contribution in [2.45, 2.75) is 6.04 Å². The summed E-state index contributed by atoms with van der Waals surface area (Å²) in [7, 11) is 1.63. The molecule has 0 amide bonds. The van der Waals surface area contributed by atoms with Gasteiger partial charge in [-0.2, -0.15) is 0 Å². The number of nitrogens with zero attached hydrogens (tertiary/aromatic N) is 3. The molecule has 3 rings (SSSR count). The molecule has 0 bridgehead atoms. The fraction of sp³-hybridized carbons (Fsp3) is 0.250. The first-order valence-electron chi connectivity index (χ1n) is 7.10. The third kappa shape index (κ3) is 3.13. The van der Waals surface area contributed by atoms with Gasteiger partial charge in [0.25, 0.3) is 0 Å². The summed E-state index contributed by atoms with van der Waals surface area (Å²) in [6.45, 7) is 0.724. The number of fused-ring (bicyclic) bond motifs is 1. The van der Waals surface area contributed by atoms with Gasteiger partial charge in [0, 0.05) is 33.7 Å². The lowest BCUT2D eigenvalue weighted by Crippen LogP contribution is -2.34. The van der Waals surface area contributed by atoms with E-state index in [2.05, 4.69) is 15.3 Å². The van der Waals surface area contributed by atoms with Gasteiger partial charge in [0.1, 0.15) is 18.1 Å². The molecule has 0 spiro atoms. The Morgan fingerprint density at radius 1 is 1.39 bits per heavy atom. The van der Waals surface area contributed by atoms with Crippen LogP contribution < -0.4 is 14.8 Å². The van der Waals surface area contributed by atoms with Crippen molar-refractivity contribution in [1.82, 2.24) is 0 Å². The maximum atomic E-state index is 8.49. The number of nitrogens with one attached hydrogen (secondary N) is 1. The van der Waals surface area contributed by atoms with Crippen molar-refractivity contribution >= 4 is 17.3 Å². The molecule has 1 N–H and O–H groups in total. The zero-order valence-electron chi connectivity index (χ0n) is 12.5. The summed E-state index contributed by atoms with van der Waals surface area (Å²) in [5, 5.41) is 7.57. The van der Waals surface area contributed by atoms with Crippen LogP contribution in [0, 0.1) is 0 Å². The Morgan fingerprint density at radius 2 is 2.22 bits per heavy atom. The molecule has 118 valence electrons. The van der Waals surface area contributed by atoms with E-state index in [9.17, 15) is 0 Å². The van der Waals surface area contributed by atoms with Crippen LogP contribution in [0.5, 0.6) is 11.5 Å². The largest absolute Gasteiger partial charge is 0.496 e. The Hall–Kier alpha value is -2.56. The first kappa shape index (κ1) is 15.3. The van der Waals surface area contributed by atoms with Gasteiger partial charge >= 0.3 is 0 Å². The van der Waals surface area contributed by atoms with Crippen LogP contribution in [0.15, 0.2) is 41.5 Å². The average molecular weight is 331 g/mol. The Balaban J connectivity index is 2.08. The fourth-order valence-electron chi connectivity index (χ4n) is 2.59. The zero-order valence-corrected chi connectivity index (χ0v) is 13.2. The van der Waals surface area contributed by atoms with Crippen LogP contribution in [0.2, 0.25) is 5.02 Å². The highest BCUT2D eigenvalue weighted by Crippen LogP contribution is 2.43. The van der Waals surface area contributed by atoms with Crippen molar-refractivity contribution in [1.29, 1.82) is 0 Å². The molecule has 0 saturated heterocycles. The van der Waals surface area contributed by atoms with Crippen molar-refractivity contribution in [2.24, 2.45) is 5.11 Å². The van der Waals surface area contributed by atoms with Crippen LogP contribution in [0.1, 0.15) is 0 Å². The Labute approximate surface area is 138 Å². The van der Waals surface area contributed by atoms with Gasteiger partial charge in [0.15, 0.2) is 0 Å². The van der Waals surface area contributed by atoms with Crippen molar-refractivity contribution in [3.05, 3.63) is 51.9 Å². The van der Waals surface area contributed by atoms with E-state index in [-0.39, 0.29) is 6.04 Å². The maximum Gasteiger partial charge on any atom is 0.144 e. The number of anilines is 1. The standard InChI is InChI=1S/C16H15ClN4O2/c1-22-14-5-3-2-4-12(14)13-6-10(17)7-15-16(13)20-11(9-23-15)8-19-21-18/h2-7,11,20H,8-9H2,1H3. The molecule has 0 aromatic heterocycles. The molecule has 1 heterocycles. The molecule has 23 heavy (non-hydrogen) atoms. The van der Waals surface area contributed by atoms with E-state index in [1.807, 2.05) is 30.3 Å². The molecule has 2 aromatic carbocycles. The Bertz CT molecular complexity index is 775. The van der Waals surface area contributed by atoms with Crippen LogP contribution in [-0.4, -0.2) is 26.3 Å². The monoisotopic (exact) mass is 330 g/mol. The highest BCUT2D eigenvalue weighted by atomic mass is 35.5. The molecule has 1 atom stereocenters. The highest BCUT2D eigenvalue weighted by Gasteiger charge is 2.23. The van der Waals surface area contributed by atoms with Gasteiger partial charge < -0.3 is 14.8 Å². The molecule has 1 aliphatic rings. The summed E-state index contributed by atoms with van der Waals surface area (Å²) in [5.74, 6) is 1.42. The second kappa shape index (κ2) is 6.69. The van der Waals surface area contributed by atoms with E-state index in [4.69, 9.17) is 26.6 Å². The first-order chi connectivity index (χ1) is 11.2. The minimum absolute atomic E-state index is 0.0898. The smallest absolute Gasteiger partial charge is 0.144 e. The summed E-state index contributed by atoms with van der Waals surface area (Å²) < 4.78 is 11.2. The van der Waals surface area contributed by atoms with Gasteiger partial charge in [-0.25, -0.2) is 0 Å². The molecule has 0 radical (unpaired) electrons. The summed E-state index contributed by atoms with van der Waals surface area (Å²) in [4.78, 5) is 2.80. The predicted molar refractivity (Wildman–Crippen MR) is 90.4 cm³/mol. The van der Waals surface area contributed by atoms with E-state index in [0.717, 1.165) is 22.6 Å². The molecule has 1 unspecified atom stereocenters. The molecule has 6 nitrogen and oxygen atoms in total. The highest BCUT2D eigenvalue weighted by molar-refractivity contribution is 6.31. The van der Waals surface area contributed by atoms with Gasteiger partial charge in [-0.05, 0) is 17.7 Å². The Kier molecular flexibility index (Phi) is 4.46. The van der Waals surface area contributed by atoms with E-state index in [1.54, 1.807) is 13.2 Å². The van der Waals surface area contributed by atoms with Gasteiger partial charge in [0.2, 0.25) is 0 Å². The molecule has 0 fully saturated rings. The number of hydrogen-bond acceptors (Lipinski definition) is 4. The van der Waals surface area contributed by atoms with Crippen LogP contribution >= 0.6 is 11.6 Å². The second-order valence-electron chi connectivity index (χ2n) is 5.09. The Morgan fingerprint density at radius 3 is 3.00 bits per heavy atom. The second-order valence-corrected chi connectivity index (χ2v) is 5.53. The third-order valence-corrected chi connectivity index (χ3v) is 3.84. The van der Waals surface area contributed by atoms with Crippen LogP contribution in [0.25, 0.3) is 21.6 Å². The normalized spacial score (nSPS) is 15.7. The van der Waals surface area contributed by atoms with E-state index >= 15 is 0 Å². The third-order valence-electron chi connectivity index (χ3n) is 3.62.